The maximum Gasteiger partial charge on any atom is 0.0302 e. The van der Waals surface area contributed by atoms with E-state index in [2.05, 4.69) is 42.2 Å². The third-order valence-corrected chi connectivity index (χ3v) is 3.83. The van der Waals surface area contributed by atoms with Crippen molar-refractivity contribution < 1.29 is 0 Å². The lowest BCUT2D eigenvalue weighted by molar-refractivity contribution is 0.475. The van der Waals surface area contributed by atoms with E-state index in [1.54, 1.807) is 11.3 Å². The van der Waals surface area contributed by atoms with Gasteiger partial charge in [-0.15, -0.1) is 0 Å². The third kappa shape index (κ3) is 3.64. The van der Waals surface area contributed by atoms with Crippen LogP contribution in [0.5, 0.6) is 0 Å². The fourth-order valence-electron chi connectivity index (χ4n) is 1.46. The molecule has 0 bridgehead atoms. The summed E-state index contributed by atoms with van der Waals surface area (Å²) in [4.78, 5) is 0. The first-order valence-electron chi connectivity index (χ1n) is 5.05. The Kier molecular flexibility index (Phi) is 5.60. The van der Waals surface area contributed by atoms with Gasteiger partial charge in [-0.2, -0.15) is 23.1 Å². The summed E-state index contributed by atoms with van der Waals surface area (Å²) in [6.45, 7) is 4.49. The predicted octanol–water partition coefficient (Wildman–Crippen LogP) is 3.54. The Bertz CT molecular complexity index is 233. The molecule has 0 saturated carbocycles. The summed E-state index contributed by atoms with van der Waals surface area (Å²) >= 11 is 3.68. The average Bonchev–Trinajstić information content (AvgIpc) is 2.69. The van der Waals surface area contributed by atoms with Crippen LogP contribution in [0, 0.1) is 0 Å². The summed E-state index contributed by atoms with van der Waals surface area (Å²) in [5.41, 5.74) is 1.41. The van der Waals surface area contributed by atoms with Crippen molar-refractivity contribution in [3.8, 4) is 0 Å². The Morgan fingerprint density at radius 3 is 2.86 bits per heavy atom. The van der Waals surface area contributed by atoms with Gasteiger partial charge in [0.1, 0.15) is 0 Å². The van der Waals surface area contributed by atoms with E-state index in [-0.39, 0.29) is 0 Å². The number of rotatable bonds is 6. The zero-order valence-electron chi connectivity index (χ0n) is 9.12. The highest BCUT2D eigenvalue weighted by atomic mass is 32.2. The zero-order chi connectivity index (χ0) is 10.4. The molecule has 2 unspecified atom stereocenters. The Labute approximate surface area is 95.3 Å². The summed E-state index contributed by atoms with van der Waals surface area (Å²) in [6, 6.07) is 3.33. The molecule has 80 valence electrons. The molecule has 0 saturated heterocycles. The van der Waals surface area contributed by atoms with Gasteiger partial charge in [0.05, 0.1) is 0 Å². The van der Waals surface area contributed by atoms with E-state index in [0.717, 1.165) is 0 Å². The molecule has 0 aliphatic heterocycles. The second kappa shape index (κ2) is 6.49. The van der Waals surface area contributed by atoms with Gasteiger partial charge in [0, 0.05) is 17.8 Å². The fraction of sp³-hybridized carbons (Fsp3) is 0.636. The summed E-state index contributed by atoms with van der Waals surface area (Å²) in [5, 5.41) is 8.02. The van der Waals surface area contributed by atoms with E-state index in [4.69, 9.17) is 0 Å². The van der Waals surface area contributed by atoms with E-state index in [1.165, 1.54) is 17.7 Å². The molecule has 14 heavy (non-hydrogen) atoms. The van der Waals surface area contributed by atoms with E-state index in [9.17, 15) is 0 Å². The van der Waals surface area contributed by atoms with E-state index >= 15 is 0 Å². The molecule has 0 amide bonds. The molecule has 1 rings (SSSR count). The molecule has 1 N–H and O–H groups in total. The van der Waals surface area contributed by atoms with Crippen LogP contribution < -0.4 is 5.32 Å². The van der Waals surface area contributed by atoms with Crippen molar-refractivity contribution in [3.05, 3.63) is 22.4 Å². The van der Waals surface area contributed by atoms with Crippen molar-refractivity contribution >= 4 is 23.1 Å². The van der Waals surface area contributed by atoms with Gasteiger partial charge >= 0.3 is 0 Å². The molecule has 1 nitrogen and oxygen atoms in total. The Balaban J connectivity index is 2.42. The predicted molar refractivity (Wildman–Crippen MR) is 68.3 cm³/mol. The first kappa shape index (κ1) is 12.1. The van der Waals surface area contributed by atoms with Crippen LogP contribution in [0.25, 0.3) is 0 Å². The highest BCUT2D eigenvalue weighted by Crippen LogP contribution is 2.17. The average molecular weight is 229 g/mol. The van der Waals surface area contributed by atoms with Crippen LogP contribution in [0.2, 0.25) is 0 Å². The fourth-order valence-corrected chi connectivity index (χ4v) is 2.94. The molecule has 1 aromatic heterocycles. The quantitative estimate of drug-likeness (QED) is 0.801. The molecule has 1 heterocycles. The lowest BCUT2D eigenvalue weighted by Crippen LogP contribution is -2.32. The van der Waals surface area contributed by atoms with Gasteiger partial charge in [-0.1, -0.05) is 6.92 Å². The van der Waals surface area contributed by atoms with Crippen LogP contribution in [-0.4, -0.2) is 18.1 Å². The minimum Gasteiger partial charge on any atom is -0.307 e. The number of nitrogens with one attached hydrogen (secondary N) is 1. The molecule has 0 aliphatic rings. The molecular weight excluding hydrogens is 210 g/mol. The zero-order valence-corrected chi connectivity index (χ0v) is 10.8. The molecular formula is C11H19NS2. The smallest absolute Gasteiger partial charge is 0.0302 e. The Morgan fingerprint density at radius 1 is 1.57 bits per heavy atom. The number of thiophene rings is 1. The molecule has 0 fully saturated rings. The van der Waals surface area contributed by atoms with Crippen LogP contribution in [0.4, 0.5) is 0 Å². The van der Waals surface area contributed by atoms with Crippen LogP contribution in [0.3, 0.4) is 0 Å². The lowest BCUT2D eigenvalue weighted by Gasteiger charge is -2.21. The van der Waals surface area contributed by atoms with Crippen LogP contribution in [-0.2, 0) is 0 Å². The van der Waals surface area contributed by atoms with E-state index in [1.807, 2.05) is 11.8 Å². The van der Waals surface area contributed by atoms with Crippen LogP contribution in [0.1, 0.15) is 31.9 Å². The van der Waals surface area contributed by atoms with E-state index in [0.29, 0.717) is 12.1 Å². The number of thioether (sulfide) groups is 1. The molecule has 1 aromatic rings. The van der Waals surface area contributed by atoms with Crippen LogP contribution in [0.15, 0.2) is 16.8 Å². The van der Waals surface area contributed by atoms with Crippen molar-refractivity contribution in [1.82, 2.24) is 5.32 Å². The molecule has 0 aromatic carbocycles. The summed E-state index contributed by atoms with van der Waals surface area (Å²) in [6.07, 6.45) is 3.37. The van der Waals surface area contributed by atoms with E-state index < -0.39 is 0 Å². The first-order chi connectivity index (χ1) is 6.77. The molecule has 2 atom stereocenters. The van der Waals surface area contributed by atoms with Crippen LogP contribution >= 0.6 is 23.1 Å². The Hall–Kier alpha value is 0.01000. The normalized spacial score (nSPS) is 15.4. The monoisotopic (exact) mass is 229 g/mol. The third-order valence-electron chi connectivity index (χ3n) is 2.39. The topological polar surface area (TPSA) is 12.0 Å². The summed E-state index contributed by atoms with van der Waals surface area (Å²) < 4.78 is 0. The largest absolute Gasteiger partial charge is 0.307 e. The van der Waals surface area contributed by atoms with Crippen molar-refractivity contribution in [2.45, 2.75) is 32.4 Å². The van der Waals surface area contributed by atoms with Gasteiger partial charge in [-0.3, -0.25) is 0 Å². The molecule has 3 heteroatoms. The second-order valence-electron chi connectivity index (χ2n) is 3.51. The Morgan fingerprint density at radius 2 is 2.36 bits per heavy atom. The standard InChI is InChI=1S/C11H19NS2/c1-4-11(8-13-3)12-9(2)10-5-6-14-7-10/h5-7,9,11-12H,4,8H2,1-3H3. The van der Waals surface area contributed by atoms with Gasteiger partial charge in [0.15, 0.2) is 0 Å². The second-order valence-corrected chi connectivity index (χ2v) is 5.20. The molecule has 0 aliphatic carbocycles. The summed E-state index contributed by atoms with van der Waals surface area (Å²) in [7, 11) is 0. The van der Waals surface area contributed by atoms with Gasteiger partial charge in [-0.05, 0) is 42.0 Å². The molecule has 0 radical (unpaired) electrons. The minimum absolute atomic E-state index is 0.485. The minimum atomic E-state index is 0.485. The van der Waals surface area contributed by atoms with Gasteiger partial charge in [0.2, 0.25) is 0 Å². The summed E-state index contributed by atoms with van der Waals surface area (Å²) in [5.74, 6) is 1.20. The highest BCUT2D eigenvalue weighted by molar-refractivity contribution is 7.98. The van der Waals surface area contributed by atoms with Crippen molar-refractivity contribution in [3.63, 3.8) is 0 Å². The lowest BCUT2D eigenvalue weighted by atomic mass is 10.1. The maximum atomic E-state index is 3.66. The van der Waals surface area contributed by atoms with Gasteiger partial charge in [-0.25, -0.2) is 0 Å². The number of hydrogen-bond donors (Lipinski definition) is 1. The number of hydrogen-bond acceptors (Lipinski definition) is 3. The SMILES string of the molecule is CCC(CSC)NC(C)c1ccsc1. The van der Waals surface area contributed by atoms with Gasteiger partial charge in [0.25, 0.3) is 0 Å². The van der Waals surface area contributed by atoms with Crippen molar-refractivity contribution in [1.29, 1.82) is 0 Å². The van der Waals surface area contributed by atoms with Gasteiger partial charge < -0.3 is 5.32 Å². The maximum absolute atomic E-state index is 3.66. The van der Waals surface area contributed by atoms with Crippen molar-refractivity contribution in [2.75, 3.05) is 12.0 Å². The molecule has 0 spiro atoms. The van der Waals surface area contributed by atoms with Crippen molar-refractivity contribution in [2.24, 2.45) is 0 Å². The first-order valence-corrected chi connectivity index (χ1v) is 7.38. The highest BCUT2D eigenvalue weighted by Gasteiger charge is 2.11.